The molecule has 0 fully saturated rings. The van der Waals surface area contributed by atoms with Gasteiger partial charge in [-0.3, -0.25) is 4.98 Å². The Kier molecular flexibility index (Phi) is 5.65. The molecule has 116 valence electrons. The fourth-order valence-electron chi connectivity index (χ4n) is 1.50. The number of urea groups is 1. The van der Waals surface area contributed by atoms with E-state index in [0.29, 0.717) is 5.69 Å². The second-order valence-corrected chi connectivity index (χ2v) is 6.86. The van der Waals surface area contributed by atoms with Gasteiger partial charge in [-0.05, 0) is 25.0 Å². The second kappa shape index (κ2) is 7.02. The maximum absolute atomic E-state index is 11.7. The van der Waals surface area contributed by atoms with E-state index >= 15 is 0 Å². The van der Waals surface area contributed by atoms with Gasteiger partial charge in [-0.1, -0.05) is 0 Å². The Morgan fingerprint density at radius 2 is 2.10 bits per heavy atom. The molecule has 8 nitrogen and oxygen atoms in total. The summed E-state index contributed by atoms with van der Waals surface area (Å²) in [6, 6.07) is -0.322. The molecule has 3 N–H and O–H groups in total. The molecule has 1 aromatic heterocycles. The van der Waals surface area contributed by atoms with Crippen molar-refractivity contribution in [3.05, 3.63) is 24.0 Å². The van der Waals surface area contributed by atoms with Crippen LogP contribution in [0.3, 0.4) is 0 Å². The fourth-order valence-corrected chi connectivity index (χ4v) is 2.16. The van der Waals surface area contributed by atoms with E-state index in [2.05, 4.69) is 15.6 Å². The number of hydrogen-bond donors (Lipinski definition) is 3. The minimum atomic E-state index is -3.30. The number of sulfone groups is 1. The number of pyridine rings is 1. The van der Waals surface area contributed by atoms with Crippen LogP contribution in [0.4, 0.5) is 10.5 Å². The van der Waals surface area contributed by atoms with Crippen molar-refractivity contribution >= 4 is 27.5 Å². The molecule has 0 saturated heterocycles. The maximum Gasteiger partial charge on any atom is 0.326 e. The monoisotopic (exact) mass is 315 g/mol. The predicted molar refractivity (Wildman–Crippen MR) is 76.9 cm³/mol. The number of aliphatic carboxylic acids is 1. The first-order valence-corrected chi connectivity index (χ1v) is 8.14. The summed E-state index contributed by atoms with van der Waals surface area (Å²) in [4.78, 5) is 26.6. The van der Waals surface area contributed by atoms with Crippen LogP contribution in [0.1, 0.15) is 12.0 Å². The summed E-state index contributed by atoms with van der Waals surface area (Å²) in [5.41, 5.74) is 1.21. The SMILES string of the molecule is Cc1ccncc1NC(=O)NC(CCS(C)(=O)=O)C(=O)O. The maximum atomic E-state index is 11.7. The Morgan fingerprint density at radius 1 is 1.43 bits per heavy atom. The highest BCUT2D eigenvalue weighted by molar-refractivity contribution is 7.90. The van der Waals surface area contributed by atoms with Gasteiger partial charge in [0.2, 0.25) is 0 Å². The first-order chi connectivity index (χ1) is 9.69. The highest BCUT2D eigenvalue weighted by Crippen LogP contribution is 2.11. The zero-order valence-electron chi connectivity index (χ0n) is 11.7. The van der Waals surface area contributed by atoms with Gasteiger partial charge in [0.1, 0.15) is 15.9 Å². The van der Waals surface area contributed by atoms with Crippen molar-refractivity contribution in [2.75, 3.05) is 17.3 Å². The van der Waals surface area contributed by atoms with Crippen LogP contribution >= 0.6 is 0 Å². The molecule has 0 spiro atoms. The lowest BCUT2D eigenvalue weighted by Crippen LogP contribution is -2.44. The summed E-state index contributed by atoms with van der Waals surface area (Å²) in [6.07, 6.45) is 3.80. The van der Waals surface area contributed by atoms with E-state index in [1.807, 2.05) is 0 Å². The van der Waals surface area contributed by atoms with Gasteiger partial charge in [0.05, 0.1) is 17.6 Å². The number of anilines is 1. The number of aromatic nitrogens is 1. The quantitative estimate of drug-likeness (QED) is 0.697. The molecule has 0 aliphatic rings. The predicted octanol–water partition coefficient (Wildman–Crippen LogP) is 0.399. The smallest absolute Gasteiger partial charge is 0.326 e. The molecular formula is C12H17N3O5S. The van der Waals surface area contributed by atoms with E-state index < -0.39 is 27.9 Å². The van der Waals surface area contributed by atoms with Crippen LogP contribution in [0.5, 0.6) is 0 Å². The Labute approximate surface area is 122 Å². The molecule has 0 aliphatic heterocycles. The van der Waals surface area contributed by atoms with Crippen molar-refractivity contribution < 1.29 is 23.1 Å². The third-order valence-electron chi connectivity index (χ3n) is 2.67. The Hall–Kier alpha value is -2.16. The van der Waals surface area contributed by atoms with Gasteiger partial charge in [0, 0.05) is 12.5 Å². The summed E-state index contributed by atoms with van der Waals surface area (Å²) in [7, 11) is -3.30. The molecule has 1 unspecified atom stereocenters. The minimum Gasteiger partial charge on any atom is -0.480 e. The van der Waals surface area contributed by atoms with Crippen LogP contribution in [0.2, 0.25) is 0 Å². The second-order valence-electron chi connectivity index (χ2n) is 4.60. The highest BCUT2D eigenvalue weighted by atomic mass is 32.2. The summed E-state index contributed by atoms with van der Waals surface area (Å²) in [5.74, 6) is -1.62. The zero-order chi connectivity index (χ0) is 16.0. The molecule has 2 amide bonds. The van der Waals surface area contributed by atoms with Crippen molar-refractivity contribution in [1.29, 1.82) is 0 Å². The average Bonchev–Trinajstić information content (AvgIpc) is 2.36. The third kappa shape index (κ3) is 6.21. The Balaban J connectivity index is 2.65. The molecule has 0 bridgehead atoms. The van der Waals surface area contributed by atoms with Gasteiger partial charge in [0.15, 0.2) is 0 Å². The van der Waals surface area contributed by atoms with Gasteiger partial charge in [-0.15, -0.1) is 0 Å². The van der Waals surface area contributed by atoms with E-state index in [-0.39, 0.29) is 12.2 Å². The molecule has 0 radical (unpaired) electrons. The molecule has 21 heavy (non-hydrogen) atoms. The van der Waals surface area contributed by atoms with E-state index in [1.165, 1.54) is 6.20 Å². The molecule has 1 aromatic rings. The van der Waals surface area contributed by atoms with Gasteiger partial charge >= 0.3 is 12.0 Å². The lowest BCUT2D eigenvalue weighted by Gasteiger charge is -2.15. The summed E-state index contributed by atoms with van der Waals surface area (Å²) >= 11 is 0. The Bertz CT molecular complexity index is 630. The number of nitrogens with one attached hydrogen (secondary N) is 2. The van der Waals surface area contributed by atoms with Crippen LogP contribution in [-0.4, -0.2) is 48.6 Å². The molecular weight excluding hydrogens is 298 g/mol. The normalized spacial score (nSPS) is 12.5. The average molecular weight is 315 g/mol. The number of carbonyl (C=O) groups excluding carboxylic acids is 1. The van der Waals surface area contributed by atoms with Crippen molar-refractivity contribution in [3.63, 3.8) is 0 Å². The number of carboxylic acids is 1. The third-order valence-corrected chi connectivity index (χ3v) is 3.65. The first kappa shape index (κ1) is 16.9. The van der Waals surface area contributed by atoms with Crippen LogP contribution < -0.4 is 10.6 Å². The van der Waals surface area contributed by atoms with Crippen LogP contribution in [0, 0.1) is 6.92 Å². The Morgan fingerprint density at radius 3 is 2.62 bits per heavy atom. The van der Waals surface area contributed by atoms with Crippen LogP contribution in [-0.2, 0) is 14.6 Å². The van der Waals surface area contributed by atoms with Crippen molar-refractivity contribution in [1.82, 2.24) is 10.3 Å². The van der Waals surface area contributed by atoms with E-state index in [9.17, 15) is 18.0 Å². The lowest BCUT2D eigenvalue weighted by molar-refractivity contribution is -0.139. The molecule has 1 atom stereocenters. The van der Waals surface area contributed by atoms with Gasteiger partial charge in [-0.2, -0.15) is 0 Å². The van der Waals surface area contributed by atoms with Crippen molar-refractivity contribution in [2.45, 2.75) is 19.4 Å². The molecule has 0 saturated carbocycles. The van der Waals surface area contributed by atoms with Crippen molar-refractivity contribution in [2.24, 2.45) is 0 Å². The van der Waals surface area contributed by atoms with E-state index in [4.69, 9.17) is 5.11 Å². The fraction of sp³-hybridized carbons (Fsp3) is 0.417. The van der Waals surface area contributed by atoms with Crippen LogP contribution in [0.25, 0.3) is 0 Å². The largest absolute Gasteiger partial charge is 0.480 e. The van der Waals surface area contributed by atoms with Gasteiger partial charge in [0.25, 0.3) is 0 Å². The molecule has 1 heterocycles. The number of carbonyl (C=O) groups is 2. The molecule has 0 aromatic carbocycles. The molecule has 9 heteroatoms. The lowest BCUT2D eigenvalue weighted by atomic mass is 10.2. The summed E-state index contributed by atoms with van der Waals surface area (Å²) in [5, 5.41) is 13.7. The van der Waals surface area contributed by atoms with E-state index in [0.717, 1.165) is 11.8 Å². The van der Waals surface area contributed by atoms with Crippen LogP contribution in [0.15, 0.2) is 18.5 Å². The molecule has 1 rings (SSSR count). The topological polar surface area (TPSA) is 125 Å². The summed E-state index contributed by atoms with van der Waals surface area (Å²) < 4.78 is 22.1. The zero-order valence-corrected chi connectivity index (χ0v) is 12.5. The number of hydrogen-bond acceptors (Lipinski definition) is 5. The number of nitrogens with zero attached hydrogens (tertiary/aromatic N) is 1. The van der Waals surface area contributed by atoms with E-state index in [1.54, 1.807) is 19.2 Å². The number of amides is 2. The summed E-state index contributed by atoms with van der Waals surface area (Å²) in [6.45, 7) is 1.76. The highest BCUT2D eigenvalue weighted by Gasteiger charge is 2.21. The van der Waals surface area contributed by atoms with Crippen molar-refractivity contribution in [3.8, 4) is 0 Å². The van der Waals surface area contributed by atoms with Gasteiger partial charge < -0.3 is 15.7 Å². The number of aryl methyl sites for hydroxylation is 1. The minimum absolute atomic E-state index is 0.201. The standard InChI is InChI=1S/C12H17N3O5S/c1-8-3-5-13-7-10(8)15-12(18)14-9(11(16)17)4-6-21(2,19)20/h3,5,7,9H,4,6H2,1-2H3,(H,16,17)(H2,14,15,18). The molecule has 0 aliphatic carbocycles. The number of carboxylic acid groups (broad SMARTS) is 1. The first-order valence-electron chi connectivity index (χ1n) is 6.07. The van der Waals surface area contributed by atoms with Gasteiger partial charge in [-0.25, -0.2) is 18.0 Å². The number of rotatable bonds is 6.